The predicted molar refractivity (Wildman–Crippen MR) is 101 cm³/mol. The fraction of sp³-hybridized carbons (Fsp3) is 0.286. The van der Waals surface area contributed by atoms with Crippen molar-refractivity contribution < 1.29 is 23.9 Å². The van der Waals surface area contributed by atoms with Gasteiger partial charge in [0.15, 0.2) is 12.1 Å². The number of carbonyl (C=O) groups excluding carboxylic acids is 3. The van der Waals surface area contributed by atoms with Crippen LogP contribution in [0.5, 0.6) is 0 Å². The van der Waals surface area contributed by atoms with Gasteiger partial charge in [0.1, 0.15) is 0 Å². The van der Waals surface area contributed by atoms with Gasteiger partial charge in [-0.1, -0.05) is 60.7 Å². The molecular weight excluding hydrogens is 360 g/mol. The largest absolute Gasteiger partial charge is 0.467 e. The molecule has 2 atom stereocenters. The lowest BCUT2D eigenvalue weighted by molar-refractivity contribution is -0.154. The third-order valence-corrected chi connectivity index (χ3v) is 4.93. The highest BCUT2D eigenvalue weighted by atomic mass is 16.5. The van der Waals surface area contributed by atoms with Gasteiger partial charge in [0, 0.05) is 7.05 Å². The van der Waals surface area contributed by atoms with Crippen molar-refractivity contribution in [2.75, 3.05) is 21.3 Å². The predicted octanol–water partition coefficient (Wildman–Crippen LogP) is 2.23. The van der Waals surface area contributed by atoms with E-state index in [0.717, 1.165) is 11.1 Å². The highest BCUT2D eigenvalue weighted by Crippen LogP contribution is 2.37. The van der Waals surface area contributed by atoms with Crippen LogP contribution in [0.3, 0.4) is 0 Å². The molecule has 1 heterocycles. The third-order valence-electron chi connectivity index (χ3n) is 4.93. The first-order valence-corrected chi connectivity index (χ1v) is 8.82. The SMILES string of the molecule is COC(=O)C1C(C(=O)OC)N(C(c2ccccc2)c2ccccc2)C(=O)N1C. The lowest BCUT2D eigenvalue weighted by atomic mass is 9.95. The molecule has 1 saturated heterocycles. The van der Waals surface area contributed by atoms with Crippen LogP contribution in [0.25, 0.3) is 0 Å². The molecule has 2 amide bonds. The van der Waals surface area contributed by atoms with Crippen LogP contribution in [-0.4, -0.2) is 61.1 Å². The van der Waals surface area contributed by atoms with E-state index in [1.165, 1.54) is 31.1 Å². The summed E-state index contributed by atoms with van der Waals surface area (Å²) < 4.78 is 9.79. The fourth-order valence-electron chi connectivity index (χ4n) is 3.61. The first kappa shape index (κ1) is 19.4. The van der Waals surface area contributed by atoms with Crippen molar-refractivity contribution in [3.8, 4) is 0 Å². The zero-order valence-corrected chi connectivity index (χ0v) is 15.9. The van der Waals surface area contributed by atoms with Crippen LogP contribution in [-0.2, 0) is 19.1 Å². The number of hydrogen-bond donors (Lipinski definition) is 0. The molecule has 7 nitrogen and oxygen atoms in total. The molecule has 28 heavy (non-hydrogen) atoms. The molecule has 1 fully saturated rings. The van der Waals surface area contributed by atoms with E-state index in [2.05, 4.69) is 0 Å². The van der Waals surface area contributed by atoms with Crippen LogP contribution in [0, 0.1) is 0 Å². The zero-order chi connectivity index (χ0) is 20.3. The van der Waals surface area contributed by atoms with Gasteiger partial charge in [0.05, 0.1) is 20.3 Å². The number of hydrogen-bond acceptors (Lipinski definition) is 5. The molecular formula is C21H22N2O5. The Balaban J connectivity index is 2.18. The molecule has 1 aliphatic rings. The minimum Gasteiger partial charge on any atom is -0.467 e. The van der Waals surface area contributed by atoms with Crippen LogP contribution in [0.1, 0.15) is 17.2 Å². The number of rotatable bonds is 5. The van der Waals surface area contributed by atoms with Gasteiger partial charge >= 0.3 is 18.0 Å². The number of esters is 2. The molecule has 1 aliphatic heterocycles. The Labute approximate surface area is 163 Å². The van der Waals surface area contributed by atoms with Crippen molar-refractivity contribution in [1.29, 1.82) is 0 Å². The highest BCUT2D eigenvalue weighted by Gasteiger charge is 2.55. The van der Waals surface area contributed by atoms with E-state index in [1.807, 2.05) is 60.7 Å². The highest BCUT2D eigenvalue weighted by molar-refractivity contribution is 5.97. The second-order valence-corrected chi connectivity index (χ2v) is 6.46. The summed E-state index contributed by atoms with van der Waals surface area (Å²) in [7, 11) is 3.94. The molecule has 0 saturated carbocycles. The number of likely N-dealkylation sites (N-methyl/N-ethyl adjacent to an activating group) is 1. The van der Waals surface area contributed by atoms with Crippen LogP contribution in [0.2, 0.25) is 0 Å². The van der Waals surface area contributed by atoms with Crippen LogP contribution in [0.15, 0.2) is 60.7 Å². The summed E-state index contributed by atoms with van der Waals surface area (Å²) in [5.74, 6) is -1.35. The van der Waals surface area contributed by atoms with Crippen molar-refractivity contribution in [2.24, 2.45) is 0 Å². The van der Waals surface area contributed by atoms with Crippen molar-refractivity contribution in [1.82, 2.24) is 9.80 Å². The molecule has 0 N–H and O–H groups in total. The molecule has 0 spiro atoms. The van der Waals surface area contributed by atoms with Gasteiger partial charge in [-0.3, -0.25) is 4.90 Å². The topological polar surface area (TPSA) is 76.2 Å². The average Bonchev–Trinajstić information content (AvgIpc) is 3.00. The van der Waals surface area contributed by atoms with Crippen LogP contribution >= 0.6 is 0 Å². The average molecular weight is 382 g/mol. The number of ether oxygens (including phenoxy) is 2. The van der Waals surface area contributed by atoms with E-state index in [1.54, 1.807) is 0 Å². The molecule has 0 radical (unpaired) electrons. The normalized spacial score (nSPS) is 19.1. The zero-order valence-electron chi connectivity index (χ0n) is 15.9. The maximum absolute atomic E-state index is 13.2. The Hall–Kier alpha value is -3.35. The Morgan fingerprint density at radius 3 is 1.68 bits per heavy atom. The molecule has 0 bridgehead atoms. The Bertz CT molecular complexity index is 816. The van der Waals surface area contributed by atoms with Crippen molar-refractivity contribution in [2.45, 2.75) is 18.1 Å². The standard InChI is InChI=1S/C21H22N2O5/c1-22-17(19(24)27-2)18(20(25)28-3)23(21(22)26)16(14-10-6-4-7-11-14)15-12-8-5-9-13-15/h4-13,16-18H,1-3H3. The molecule has 3 rings (SSSR count). The first-order chi connectivity index (χ1) is 13.5. The summed E-state index contributed by atoms with van der Waals surface area (Å²) in [6, 6.07) is 15.4. The fourth-order valence-corrected chi connectivity index (χ4v) is 3.61. The number of nitrogens with zero attached hydrogens (tertiary/aromatic N) is 2. The first-order valence-electron chi connectivity index (χ1n) is 8.82. The second-order valence-electron chi connectivity index (χ2n) is 6.46. The maximum atomic E-state index is 13.2. The number of amides is 2. The maximum Gasteiger partial charge on any atom is 0.331 e. The lowest BCUT2D eigenvalue weighted by Crippen LogP contribution is -2.49. The number of benzene rings is 2. The monoisotopic (exact) mass is 382 g/mol. The van der Waals surface area contributed by atoms with E-state index in [0.29, 0.717) is 0 Å². The molecule has 2 unspecified atom stereocenters. The number of urea groups is 1. The molecule has 2 aromatic carbocycles. The summed E-state index contributed by atoms with van der Waals surface area (Å²) in [5.41, 5.74) is 1.63. The van der Waals surface area contributed by atoms with Gasteiger partial charge < -0.3 is 14.4 Å². The second kappa shape index (κ2) is 8.12. The van der Waals surface area contributed by atoms with E-state index in [-0.39, 0.29) is 0 Å². The van der Waals surface area contributed by atoms with Gasteiger partial charge in [0.25, 0.3) is 0 Å². The van der Waals surface area contributed by atoms with Crippen LogP contribution < -0.4 is 0 Å². The van der Waals surface area contributed by atoms with Crippen molar-refractivity contribution >= 4 is 18.0 Å². The molecule has 7 heteroatoms. The molecule has 0 aromatic heterocycles. The smallest absolute Gasteiger partial charge is 0.331 e. The number of methoxy groups -OCH3 is 2. The number of carbonyl (C=O) groups is 3. The third kappa shape index (κ3) is 3.31. The van der Waals surface area contributed by atoms with Gasteiger partial charge in [0.2, 0.25) is 0 Å². The van der Waals surface area contributed by atoms with Crippen LogP contribution in [0.4, 0.5) is 4.79 Å². The molecule has 2 aromatic rings. The summed E-state index contributed by atoms with van der Waals surface area (Å²) in [4.78, 5) is 40.9. The Morgan fingerprint density at radius 1 is 0.821 bits per heavy atom. The summed E-state index contributed by atoms with van der Waals surface area (Å²) in [5, 5.41) is 0. The summed E-state index contributed by atoms with van der Waals surface area (Å²) >= 11 is 0. The minimum atomic E-state index is -1.14. The lowest BCUT2D eigenvalue weighted by Gasteiger charge is -2.32. The van der Waals surface area contributed by atoms with E-state index in [9.17, 15) is 14.4 Å². The van der Waals surface area contributed by atoms with E-state index < -0.39 is 36.1 Å². The van der Waals surface area contributed by atoms with Gasteiger partial charge in [-0.05, 0) is 11.1 Å². The summed E-state index contributed by atoms with van der Waals surface area (Å²) in [6.07, 6.45) is 0. The van der Waals surface area contributed by atoms with Crippen molar-refractivity contribution in [3.63, 3.8) is 0 Å². The van der Waals surface area contributed by atoms with Gasteiger partial charge in [-0.25, -0.2) is 14.4 Å². The van der Waals surface area contributed by atoms with E-state index in [4.69, 9.17) is 9.47 Å². The summed E-state index contributed by atoms with van der Waals surface area (Å²) in [6.45, 7) is 0. The van der Waals surface area contributed by atoms with E-state index >= 15 is 0 Å². The van der Waals surface area contributed by atoms with Gasteiger partial charge in [-0.15, -0.1) is 0 Å². The van der Waals surface area contributed by atoms with Crippen molar-refractivity contribution in [3.05, 3.63) is 71.8 Å². The quantitative estimate of drug-likeness (QED) is 0.741. The molecule has 146 valence electrons. The Kier molecular flexibility index (Phi) is 5.63. The molecule has 0 aliphatic carbocycles. The Morgan fingerprint density at radius 2 is 1.25 bits per heavy atom. The minimum absolute atomic E-state index is 0.455. The van der Waals surface area contributed by atoms with Gasteiger partial charge in [-0.2, -0.15) is 0 Å².